The van der Waals surface area contributed by atoms with Crippen molar-refractivity contribution in [1.29, 1.82) is 0 Å². The molecule has 0 unspecified atom stereocenters. The fourth-order valence-electron chi connectivity index (χ4n) is 2.64. The lowest BCUT2D eigenvalue weighted by Crippen LogP contribution is -2.22. The van der Waals surface area contributed by atoms with Gasteiger partial charge in [0.15, 0.2) is 5.13 Å². The van der Waals surface area contributed by atoms with Gasteiger partial charge in [-0.3, -0.25) is 0 Å². The first-order valence-electron chi connectivity index (χ1n) is 8.38. The van der Waals surface area contributed by atoms with Crippen LogP contribution in [-0.4, -0.2) is 28.0 Å². The molecule has 3 aromatic rings. The van der Waals surface area contributed by atoms with Crippen molar-refractivity contribution in [3.63, 3.8) is 0 Å². The van der Waals surface area contributed by atoms with E-state index < -0.39 is 5.97 Å². The number of carboxylic acid groups (broad SMARTS) is 1. The Bertz CT molecular complexity index is 934. The van der Waals surface area contributed by atoms with Gasteiger partial charge in [-0.2, -0.15) is 0 Å². The number of nitrogens with zero attached hydrogens (tertiary/aromatic N) is 3. The van der Waals surface area contributed by atoms with E-state index in [1.807, 2.05) is 44.2 Å². The molecule has 0 bridgehead atoms. The summed E-state index contributed by atoms with van der Waals surface area (Å²) in [6, 6.07) is 9.37. The number of benzene rings is 1. The summed E-state index contributed by atoms with van der Waals surface area (Å²) in [6.07, 6.45) is 0.279. The lowest BCUT2D eigenvalue weighted by Gasteiger charge is -2.04. The van der Waals surface area contributed by atoms with Crippen molar-refractivity contribution >= 4 is 28.4 Å². The molecule has 0 aliphatic rings. The van der Waals surface area contributed by atoms with Crippen molar-refractivity contribution in [3.05, 3.63) is 46.6 Å². The van der Waals surface area contributed by atoms with Gasteiger partial charge < -0.3 is 20.0 Å². The molecule has 0 aliphatic carbocycles. The standard InChI is InChI=1S/C19H20N4O3S/c1-11-10-12(2)21-18(20-11)23-19-22-17(15(27-19)8-9-16(24)25)13-4-6-14(26-3)7-5-13/h4-7,10H,8-9H2,1-3H3,(H,24,25)(H,20,21,22,23)/p-1. The second-order valence-electron chi connectivity index (χ2n) is 5.99. The van der Waals surface area contributed by atoms with E-state index in [0.717, 1.165) is 33.3 Å². The Morgan fingerprint density at radius 2 is 1.81 bits per heavy atom. The molecular formula is C19H19N4O3S-. The molecule has 0 radical (unpaired) electrons. The highest BCUT2D eigenvalue weighted by Crippen LogP contribution is 2.34. The zero-order chi connectivity index (χ0) is 19.4. The molecule has 2 aromatic heterocycles. The zero-order valence-electron chi connectivity index (χ0n) is 15.3. The third-order valence-corrected chi connectivity index (χ3v) is 4.85. The normalized spacial score (nSPS) is 10.6. The van der Waals surface area contributed by atoms with E-state index in [9.17, 15) is 9.90 Å². The Morgan fingerprint density at radius 1 is 1.15 bits per heavy atom. The van der Waals surface area contributed by atoms with Crippen molar-refractivity contribution in [2.24, 2.45) is 0 Å². The van der Waals surface area contributed by atoms with Gasteiger partial charge >= 0.3 is 0 Å². The molecule has 0 spiro atoms. The highest BCUT2D eigenvalue weighted by atomic mass is 32.1. The van der Waals surface area contributed by atoms with Gasteiger partial charge in [0.25, 0.3) is 0 Å². The zero-order valence-corrected chi connectivity index (χ0v) is 16.1. The van der Waals surface area contributed by atoms with Crippen LogP contribution in [-0.2, 0) is 11.2 Å². The Morgan fingerprint density at radius 3 is 2.41 bits per heavy atom. The van der Waals surface area contributed by atoms with Crippen LogP contribution in [0.5, 0.6) is 5.75 Å². The van der Waals surface area contributed by atoms with Crippen molar-refractivity contribution in [3.8, 4) is 17.0 Å². The van der Waals surface area contributed by atoms with Crippen LogP contribution in [0.1, 0.15) is 22.7 Å². The summed E-state index contributed by atoms with van der Waals surface area (Å²) in [7, 11) is 1.61. The van der Waals surface area contributed by atoms with Crippen molar-refractivity contribution in [2.45, 2.75) is 26.7 Å². The van der Waals surface area contributed by atoms with E-state index in [0.29, 0.717) is 17.5 Å². The highest BCUT2D eigenvalue weighted by Gasteiger charge is 2.14. The molecule has 27 heavy (non-hydrogen) atoms. The number of methoxy groups -OCH3 is 1. The summed E-state index contributed by atoms with van der Waals surface area (Å²) >= 11 is 1.39. The number of carboxylic acids is 1. The molecule has 0 saturated carbocycles. The van der Waals surface area contributed by atoms with E-state index in [2.05, 4.69) is 20.3 Å². The Balaban J connectivity index is 1.93. The average Bonchev–Trinajstić information content (AvgIpc) is 3.01. The molecule has 1 aromatic carbocycles. The van der Waals surface area contributed by atoms with Crippen LogP contribution in [0.3, 0.4) is 0 Å². The molecule has 1 N–H and O–H groups in total. The number of hydrogen-bond donors (Lipinski definition) is 1. The largest absolute Gasteiger partial charge is 0.550 e. The number of carbonyl (C=O) groups is 1. The fourth-order valence-corrected chi connectivity index (χ4v) is 3.62. The van der Waals surface area contributed by atoms with Crippen LogP contribution in [0, 0.1) is 13.8 Å². The summed E-state index contributed by atoms with van der Waals surface area (Å²) in [5, 5.41) is 14.6. The van der Waals surface area contributed by atoms with Gasteiger partial charge in [-0.25, -0.2) is 15.0 Å². The number of aromatic nitrogens is 3. The quantitative estimate of drug-likeness (QED) is 0.669. The number of aryl methyl sites for hydroxylation is 3. The average molecular weight is 383 g/mol. The summed E-state index contributed by atoms with van der Waals surface area (Å²) < 4.78 is 5.19. The van der Waals surface area contributed by atoms with Crippen LogP contribution < -0.4 is 15.2 Å². The van der Waals surface area contributed by atoms with E-state index in [-0.39, 0.29) is 6.42 Å². The molecule has 0 atom stereocenters. The van der Waals surface area contributed by atoms with Gasteiger partial charge in [0, 0.05) is 27.8 Å². The number of anilines is 2. The third-order valence-electron chi connectivity index (χ3n) is 3.82. The number of ether oxygens (including phenoxy) is 1. The number of nitrogens with one attached hydrogen (secondary N) is 1. The Labute approximate surface area is 161 Å². The topological polar surface area (TPSA) is 100 Å². The maximum atomic E-state index is 10.9. The lowest BCUT2D eigenvalue weighted by molar-refractivity contribution is -0.305. The maximum absolute atomic E-state index is 10.9. The maximum Gasteiger partial charge on any atom is 0.229 e. The SMILES string of the molecule is COc1ccc(-c2nc(Nc3nc(C)cc(C)n3)sc2CCC(=O)[O-])cc1. The van der Waals surface area contributed by atoms with Crippen molar-refractivity contribution in [1.82, 2.24) is 15.0 Å². The molecule has 0 aliphatic heterocycles. The first-order chi connectivity index (χ1) is 12.9. The molecule has 8 heteroatoms. The molecule has 140 valence electrons. The second kappa shape index (κ2) is 8.13. The summed E-state index contributed by atoms with van der Waals surface area (Å²) in [4.78, 5) is 25.1. The van der Waals surface area contributed by atoms with E-state index in [1.54, 1.807) is 7.11 Å². The highest BCUT2D eigenvalue weighted by molar-refractivity contribution is 7.16. The molecule has 7 nitrogen and oxygen atoms in total. The molecule has 0 saturated heterocycles. The first kappa shape index (κ1) is 18.8. The van der Waals surface area contributed by atoms with Crippen LogP contribution in [0.15, 0.2) is 30.3 Å². The van der Waals surface area contributed by atoms with Gasteiger partial charge in [0.05, 0.1) is 12.8 Å². The summed E-state index contributed by atoms with van der Waals surface area (Å²) in [5.41, 5.74) is 3.33. The number of hydrogen-bond acceptors (Lipinski definition) is 8. The summed E-state index contributed by atoms with van der Waals surface area (Å²) in [5.74, 6) is 0.123. The number of thiazole rings is 1. The minimum absolute atomic E-state index is 0.0646. The minimum atomic E-state index is -1.09. The van der Waals surface area contributed by atoms with Gasteiger partial charge in [0.2, 0.25) is 5.95 Å². The molecule has 0 amide bonds. The first-order valence-corrected chi connectivity index (χ1v) is 9.19. The Hall–Kier alpha value is -3.00. The van der Waals surface area contributed by atoms with Gasteiger partial charge in [-0.1, -0.05) is 0 Å². The van der Waals surface area contributed by atoms with Crippen LogP contribution in [0.25, 0.3) is 11.3 Å². The number of aliphatic carboxylic acids is 1. The van der Waals surface area contributed by atoms with Gasteiger partial charge in [-0.05, 0) is 57.0 Å². The third kappa shape index (κ3) is 4.79. The van der Waals surface area contributed by atoms with Crippen LogP contribution >= 0.6 is 11.3 Å². The minimum Gasteiger partial charge on any atom is -0.550 e. The van der Waals surface area contributed by atoms with Crippen LogP contribution in [0.2, 0.25) is 0 Å². The number of rotatable bonds is 7. The van der Waals surface area contributed by atoms with Gasteiger partial charge in [0.1, 0.15) is 5.75 Å². The monoisotopic (exact) mass is 383 g/mol. The predicted molar refractivity (Wildman–Crippen MR) is 102 cm³/mol. The van der Waals surface area contributed by atoms with E-state index in [1.165, 1.54) is 11.3 Å². The van der Waals surface area contributed by atoms with E-state index >= 15 is 0 Å². The molecular weight excluding hydrogens is 364 g/mol. The Kier molecular flexibility index (Phi) is 5.66. The van der Waals surface area contributed by atoms with Gasteiger partial charge in [-0.15, -0.1) is 11.3 Å². The fraction of sp³-hybridized carbons (Fsp3) is 0.263. The number of carbonyl (C=O) groups excluding carboxylic acids is 1. The smallest absolute Gasteiger partial charge is 0.229 e. The molecule has 3 rings (SSSR count). The predicted octanol–water partition coefficient (Wildman–Crippen LogP) is 2.65. The van der Waals surface area contributed by atoms with Crippen LogP contribution in [0.4, 0.5) is 11.1 Å². The van der Waals surface area contributed by atoms with E-state index in [4.69, 9.17) is 4.74 Å². The second-order valence-corrected chi connectivity index (χ2v) is 7.07. The molecule has 2 heterocycles. The summed E-state index contributed by atoms with van der Waals surface area (Å²) in [6.45, 7) is 3.80. The lowest BCUT2D eigenvalue weighted by atomic mass is 10.1. The molecule has 0 fully saturated rings. The van der Waals surface area contributed by atoms with Crippen molar-refractivity contribution in [2.75, 3.05) is 12.4 Å². The van der Waals surface area contributed by atoms with Crippen molar-refractivity contribution < 1.29 is 14.6 Å².